The second kappa shape index (κ2) is 11.1. The number of rotatable bonds is 6. The third kappa shape index (κ3) is 4.85. The lowest BCUT2D eigenvalue weighted by Gasteiger charge is -2.29. The fourth-order valence-corrected chi connectivity index (χ4v) is 5.42. The van der Waals surface area contributed by atoms with Crippen LogP contribution < -0.4 is 19.4 Å². The minimum atomic E-state index is -1.11. The van der Waals surface area contributed by atoms with Crippen LogP contribution in [0.4, 0.5) is 15.8 Å². The average Bonchev–Trinajstić information content (AvgIpc) is 3.51. The molecule has 0 radical (unpaired) electrons. The summed E-state index contributed by atoms with van der Waals surface area (Å²) in [5.74, 6) is -2.80. The third-order valence-corrected chi connectivity index (χ3v) is 7.84. The molecule has 2 aliphatic rings. The SMILES string of the molecule is COc1cc([C@@H]2[C@@H]3C(=O)N(c4ccc(Cl)c(Cl)c4)C(=O)[C@H]3ON2c2ccccc2)ccc1OC(=O)c1ccc(F)cc1. The molecule has 0 bridgehead atoms. The molecule has 2 heterocycles. The van der Waals surface area contributed by atoms with E-state index in [0.717, 1.165) is 17.0 Å². The lowest BCUT2D eigenvalue weighted by atomic mass is 9.90. The van der Waals surface area contributed by atoms with Crippen molar-refractivity contribution in [3.8, 4) is 11.5 Å². The molecule has 8 nitrogen and oxygen atoms in total. The zero-order chi connectivity index (χ0) is 29.5. The van der Waals surface area contributed by atoms with E-state index in [2.05, 4.69) is 0 Å². The summed E-state index contributed by atoms with van der Waals surface area (Å²) in [7, 11) is 1.41. The van der Waals surface area contributed by atoms with Gasteiger partial charge in [0.2, 0.25) is 5.91 Å². The van der Waals surface area contributed by atoms with E-state index in [1.165, 1.54) is 42.5 Å². The molecular weight excluding hydrogens is 586 g/mol. The van der Waals surface area contributed by atoms with E-state index >= 15 is 0 Å². The van der Waals surface area contributed by atoms with Gasteiger partial charge in [0.25, 0.3) is 5.91 Å². The third-order valence-electron chi connectivity index (χ3n) is 7.10. The molecule has 42 heavy (non-hydrogen) atoms. The molecule has 0 spiro atoms. The number of imide groups is 1. The highest BCUT2D eigenvalue weighted by Gasteiger charge is 2.60. The molecule has 6 rings (SSSR count). The first kappa shape index (κ1) is 27.7. The van der Waals surface area contributed by atoms with Gasteiger partial charge in [-0.15, -0.1) is 0 Å². The number of carbonyl (C=O) groups is 3. The highest BCUT2D eigenvalue weighted by Crippen LogP contribution is 2.49. The predicted octanol–water partition coefficient (Wildman–Crippen LogP) is 6.41. The van der Waals surface area contributed by atoms with Gasteiger partial charge in [-0.25, -0.2) is 19.1 Å². The number of hydrogen-bond acceptors (Lipinski definition) is 7. The molecule has 0 saturated carbocycles. The molecule has 4 aromatic rings. The number of hydroxylamine groups is 1. The van der Waals surface area contributed by atoms with Gasteiger partial charge in [0.1, 0.15) is 11.7 Å². The van der Waals surface area contributed by atoms with Crippen LogP contribution in [0.2, 0.25) is 10.0 Å². The first-order chi connectivity index (χ1) is 20.3. The maximum Gasteiger partial charge on any atom is 0.343 e. The fraction of sp³-hybridized carbons (Fsp3) is 0.129. The summed E-state index contributed by atoms with van der Waals surface area (Å²) in [5.41, 5.74) is 1.64. The lowest BCUT2D eigenvalue weighted by Crippen LogP contribution is -2.37. The minimum Gasteiger partial charge on any atom is -0.493 e. The maximum atomic E-state index is 13.9. The van der Waals surface area contributed by atoms with Crippen LogP contribution in [0.5, 0.6) is 11.5 Å². The molecule has 0 aromatic heterocycles. The van der Waals surface area contributed by atoms with Gasteiger partial charge in [0.05, 0.1) is 40.1 Å². The highest BCUT2D eigenvalue weighted by atomic mass is 35.5. The number of ether oxygens (including phenoxy) is 2. The maximum absolute atomic E-state index is 13.9. The van der Waals surface area contributed by atoms with E-state index in [4.69, 9.17) is 37.5 Å². The summed E-state index contributed by atoms with van der Waals surface area (Å²) >= 11 is 12.2. The number of para-hydroxylation sites is 1. The summed E-state index contributed by atoms with van der Waals surface area (Å²) in [6.45, 7) is 0. The topological polar surface area (TPSA) is 85.4 Å². The van der Waals surface area contributed by atoms with Crippen LogP contribution in [-0.4, -0.2) is 31.0 Å². The summed E-state index contributed by atoms with van der Waals surface area (Å²) < 4.78 is 24.4. The van der Waals surface area contributed by atoms with Gasteiger partial charge in [0.15, 0.2) is 17.6 Å². The van der Waals surface area contributed by atoms with Crippen LogP contribution in [0.15, 0.2) is 91.0 Å². The van der Waals surface area contributed by atoms with Crippen LogP contribution in [-0.2, 0) is 14.4 Å². The van der Waals surface area contributed by atoms with Gasteiger partial charge in [-0.2, -0.15) is 0 Å². The Morgan fingerprint density at radius 2 is 1.57 bits per heavy atom. The first-order valence-corrected chi connectivity index (χ1v) is 13.5. The van der Waals surface area contributed by atoms with Crippen molar-refractivity contribution in [3.05, 3.63) is 118 Å². The molecule has 0 N–H and O–H groups in total. The predicted molar refractivity (Wildman–Crippen MR) is 153 cm³/mol. The van der Waals surface area contributed by atoms with Gasteiger partial charge in [-0.1, -0.05) is 47.5 Å². The fourth-order valence-electron chi connectivity index (χ4n) is 5.13. The molecule has 2 amide bonds. The lowest BCUT2D eigenvalue weighted by molar-refractivity contribution is -0.126. The number of methoxy groups -OCH3 is 1. The van der Waals surface area contributed by atoms with Crippen LogP contribution in [0.25, 0.3) is 0 Å². The number of nitrogens with zero attached hydrogens (tertiary/aromatic N) is 2. The van der Waals surface area contributed by atoms with Crippen LogP contribution >= 0.6 is 23.2 Å². The van der Waals surface area contributed by atoms with Crippen molar-refractivity contribution < 1.29 is 33.1 Å². The van der Waals surface area contributed by atoms with Crippen molar-refractivity contribution in [2.24, 2.45) is 5.92 Å². The normalized spacial score (nSPS) is 19.7. The summed E-state index contributed by atoms with van der Waals surface area (Å²) in [6, 6.07) is 22.6. The largest absolute Gasteiger partial charge is 0.493 e. The van der Waals surface area contributed by atoms with E-state index in [9.17, 15) is 18.8 Å². The number of halogens is 3. The zero-order valence-corrected chi connectivity index (χ0v) is 23.4. The number of amides is 2. The Labute approximate surface area is 249 Å². The van der Waals surface area contributed by atoms with Gasteiger partial charge in [-0.3, -0.25) is 14.4 Å². The van der Waals surface area contributed by atoms with Crippen LogP contribution in [0.1, 0.15) is 22.0 Å². The van der Waals surface area contributed by atoms with Gasteiger partial charge < -0.3 is 9.47 Å². The Hall–Kier alpha value is -4.44. The molecule has 2 aliphatic heterocycles. The zero-order valence-electron chi connectivity index (χ0n) is 21.9. The van der Waals surface area contributed by atoms with Gasteiger partial charge in [0, 0.05) is 0 Å². The van der Waals surface area contributed by atoms with E-state index in [-0.39, 0.29) is 32.8 Å². The number of hydrogen-bond donors (Lipinski definition) is 0. The van der Waals surface area contributed by atoms with Gasteiger partial charge in [-0.05, 0) is 72.3 Å². The minimum absolute atomic E-state index is 0.114. The van der Waals surface area contributed by atoms with Crippen molar-refractivity contribution in [2.45, 2.75) is 12.1 Å². The van der Waals surface area contributed by atoms with Crippen molar-refractivity contribution in [1.82, 2.24) is 0 Å². The number of esters is 1. The molecule has 2 fully saturated rings. The summed E-state index contributed by atoms with van der Waals surface area (Å²) in [5, 5.41) is 2.03. The number of fused-ring (bicyclic) bond motifs is 1. The summed E-state index contributed by atoms with van der Waals surface area (Å²) in [4.78, 5) is 47.4. The van der Waals surface area contributed by atoms with E-state index in [1.54, 1.807) is 30.3 Å². The number of benzene rings is 4. The van der Waals surface area contributed by atoms with E-state index in [1.807, 2.05) is 18.2 Å². The number of carbonyl (C=O) groups excluding carboxylic acids is 3. The molecule has 11 heteroatoms. The van der Waals surface area contributed by atoms with E-state index < -0.39 is 41.7 Å². The molecule has 0 unspecified atom stereocenters. The first-order valence-electron chi connectivity index (χ1n) is 12.8. The average molecular weight is 607 g/mol. The molecule has 2 saturated heterocycles. The van der Waals surface area contributed by atoms with Gasteiger partial charge >= 0.3 is 5.97 Å². The Kier molecular flexibility index (Phi) is 7.32. The molecule has 3 atom stereocenters. The standard InChI is InChI=1S/C31H21Cl2FN2O6/c1-40-25-15-18(9-14-24(25)41-31(39)17-7-10-19(34)11-8-17)27-26-28(42-36(27)20-5-3-2-4-6-20)30(38)35(29(26)37)21-12-13-22(32)23(33)16-21/h2-16,26-28H,1H3/t26-,27+,28-/m0/s1. The van der Waals surface area contributed by atoms with Crippen molar-refractivity contribution in [1.29, 1.82) is 0 Å². The Balaban J connectivity index is 1.37. The summed E-state index contributed by atoms with van der Waals surface area (Å²) in [6.07, 6.45) is -1.11. The van der Waals surface area contributed by atoms with Crippen LogP contribution in [0, 0.1) is 11.7 Å². The molecule has 4 aromatic carbocycles. The highest BCUT2D eigenvalue weighted by molar-refractivity contribution is 6.42. The monoisotopic (exact) mass is 606 g/mol. The van der Waals surface area contributed by atoms with Crippen molar-refractivity contribution >= 4 is 52.4 Å². The Morgan fingerprint density at radius 1 is 0.833 bits per heavy atom. The second-order valence-electron chi connectivity index (χ2n) is 9.57. The van der Waals surface area contributed by atoms with E-state index in [0.29, 0.717) is 11.3 Å². The smallest absolute Gasteiger partial charge is 0.343 e. The molecule has 0 aliphatic carbocycles. The van der Waals surface area contributed by atoms with Crippen LogP contribution in [0.3, 0.4) is 0 Å². The molecular formula is C31H21Cl2FN2O6. The Bertz CT molecular complexity index is 1700. The van der Waals surface area contributed by atoms with Crippen molar-refractivity contribution in [3.63, 3.8) is 0 Å². The quantitative estimate of drug-likeness (QED) is 0.142. The molecule has 212 valence electrons. The van der Waals surface area contributed by atoms with Crippen molar-refractivity contribution in [2.75, 3.05) is 17.1 Å². The number of anilines is 2. The second-order valence-corrected chi connectivity index (χ2v) is 10.4. The Morgan fingerprint density at radius 3 is 2.26 bits per heavy atom.